The van der Waals surface area contributed by atoms with Gasteiger partial charge in [-0.3, -0.25) is 0 Å². The second-order valence-corrected chi connectivity index (χ2v) is 4.56. The van der Waals surface area contributed by atoms with Crippen molar-refractivity contribution in [3.8, 4) is 0 Å². The fraction of sp³-hybridized carbons (Fsp3) is 0.786. The molecule has 0 aromatic heterocycles. The highest BCUT2D eigenvalue weighted by molar-refractivity contribution is 5.85. The van der Waals surface area contributed by atoms with Crippen LogP contribution < -0.4 is 0 Å². The molecule has 0 saturated heterocycles. The van der Waals surface area contributed by atoms with Crippen molar-refractivity contribution < 1.29 is 15.0 Å². The van der Waals surface area contributed by atoms with Crippen LogP contribution in [0.4, 0.5) is 0 Å². The molecule has 0 amide bonds. The van der Waals surface area contributed by atoms with E-state index in [1.807, 2.05) is 0 Å². The number of carboxylic acids is 1. The van der Waals surface area contributed by atoms with Gasteiger partial charge in [0.15, 0.2) is 0 Å². The van der Waals surface area contributed by atoms with Crippen molar-refractivity contribution in [2.45, 2.75) is 64.2 Å². The molecule has 100 valence electrons. The van der Waals surface area contributed by atoms with Crippen LogP contribution in [0.5, 0.6) is 0 Å². The third-order valence-electron chi connectivity index (χ3n) is 2.94. The Morgan fingerprint density at radius 3 is 1.65 bits per heavy atom. The first-order valence-corrected chi connectivity index (χ1v) is 6.70. The summed E-state index contributed by atoms with van der Waals surface area (Å²) in [5.74, 6) is -0.867. The van der Waals surface area contributed by atoms with Crippen LogP contribution >= 0.6 is 0 Å². The number of aliphatic carboxylic acids is 1. The molecule has 0 heterocycles. The summed E-state index contributed by atoms with van der Waals surface area (Å²) in [6.45, 7) is 3.82. The van der Waals surface area contributed by atoms with Crippen LogP contribution in [0.25, 0.3) is 0 Å². The summed E-state index contributed by atoms with van der Waals surface area (Å²) in [5.41, 5.74) is 0.328. The first kappa shape index (κ1) is 16.2. The summed E-state index contributed by atoms with van der Waals surface area (Å²) in [5, 5.41) is 17.2. The largest absolute Gasteiger partial charge is 0.478 e. The Balaban J connectivity index is 3.08. The van der Waals surface area contributed by atoms with Gasteiger partial charge in [-0.2, -0.15) is 0 Å². The number of carbonyl (C=O) groups is 1. The van der Waals surface area contributed by atoms with E-state index >= 15 is 0 Å². The van der Waals surface area contributed by atoms with Gasteiger partial charge in [0.1, 0.15) is 0 Å². The zero-order valence-electron chi connectivity index (χ0n) is 10.8. The predicted octanol–water partition coefficient (Wildman–Crippen LogP) is 3.52. The number of aliphatic hydroxyl groups excluding tert-OH is 1. The van der Waals surface area contributed by atoms with E-state index in [4.69, 9.17) is 10.2 Å². The molecule has 0 radical (unpaired) electrons. The van der Waals surface area contributed by atoms with Gasteiger partial charge in [0, 0.05) is 12.2 Å². The maximum atomic E-state index is 10.5. The van der Waals surface area contributed by atoms with Crippen molar-refractivity contribution in [2.75, 3.05) is 6.61 Å². The van der Waals surface area contributed by atoms with E-state index in [9.17, 15) is 4.79 Å². The Kier molecular flexibility index (Phi) is 11.1. The average molecular weight is 242 g/mol. The maximum absolute atomic E-state index is 10.5. The summed E-state index contributed by atoms with van der Waals surface area (Å²) >= 11 is 0. The molecule has 0 spiro atoms. The molecular formula is C14H26O3. The Morgan fingerprint density at radius 2 is 1.24 bits per heavy atom. The fourth-order valence-electron chi connectivity index (χ4n) is 1.79. The van der Waals surface area contributed by atoms with Gasteiger partial charge in [-0.25, -0.2) is 4.79 Å². The highest BCUT2D eigenvalue weighted by Crippen LogP contribution is 2.12. The van der Waals surface area contributed by atoms with Crippen molar-refractivity contribution >= 4 is 5.97 Å². The highest BCUT2D eigenvalue weighted by Gasteiger charge is 2.02. The van der Waals surface area contributed by atoms with Gasteiger partial charge in [0.05, 0.1) is 0 Å². The Bertz CT molecular complexity index is 212. The summed E-state index contributed by atoms with van der Waals surface area (Å²) in [4.78, 5) is 10.5. The molecule has 0 aliphatic rings. The Morgan fingerprint density at radius 1 is 0.824 bits per heavy atom. The highest BCUT2D eigenvalue weighted by atomic mass is 16.4. The Labute approximate surface area is 105 Å². The van der Waals surface area contributed by atoms with Gasteiger partial charge in [0.2, 0.25) is 0 Å². The normalized spacial score (nSPS) is 10.4. The molecule has 0 saturated carbocycles. The zero-order chi connectivity index (χ0) is 12.9. The minimum Gasteiger partial charge on any atom is -0.478 e. The van der Waals surface area contributed by atoms with Gasteiger partial charge in [-0.1, -0.05) is 51.5 Å². The van der Waals surface area contributed by atoms with E-state index in [1.54, 1.807) is 0 Å². The van der Waals surface area contributed by atoms with Gasteiger partial charge in [0.25, 0.3) is 0 Å². The molecule has 0 fully saturated rings. The molecule has 0 aliphatic carbocycles. The lowest BCUT2D eigenvalue weighted by molar-refractivity contribution is -0.132. The molecule has 2 N–H and O–H groups in total. The van der Waals surface area contributed by atoms with E-state index in [-0.39, 0.29) is 0 Å². The van der Waals surface area contributed by atoms with Crippen molar-refractivity contribution in [1.29, 1.82) is 0 Å². The predicted molar refractivity (Wildman–Crippen MR) is 70.0 cm³/mol. The van der Waals surface area contributed by atoms with E-state index < -0.39 is 5.97 Å². The van der Waals surface area contributed by atoms with Gasteiger partial charge in [-0.05, 0) is 19.3 Å². The van der Waals surface area contributed by atoms with Crippen LogP contribution in [0.3, 0.4) is 0 Å². The lowest BCUT2D eigenvalue weighted by atomic mass is 10.0. The topological polar surface area (TPSA) is 57.5 Å². The second kappa shape index (κ2) is 11.6. The van der Waals surface area contributed by atoms with E-state index in [1.165, 1.54) is 32.1 Å². The number of unbranched alkanes of at least 4 members (excludes halogenated alkanes) is 8. The molecule has 0 aliphatic heterocycles. The molecule has 0 atom stereocenters. The molecule has 0 rings (SSSR count). The first-order valence-electron chi connectivity index (χ1n) is 6.70. The van der Waals surface area contributed by atoms with Gasteiger partial charge < -0.3 is 10.2 Å². The van der Waals surface area contributed by atoms with Crippen LogP contribution in [-0.4, -0.2) is 22.8 Å². The van der Waals surface area contributed by atoms with E-state index in [0.717, 1.165) is 25.7 Å². The minimum atomic E-state index is -0.867. The Hall–Kier alpha value is -0.830. The van der Waals surface area contributed by atoms with E-state index in [0.29, 0.717) is 18.6 Å². The number of rotatable bonds is 12. The second-order valence-electron chi connectivity index (χ2n) is 4.56. The summed E-state index contributed by atoms with van der Waals surface area (Å²) in [6, 6.07) is 0. The molecule has 0 aromatic rings. The lowest BCUT2D eigenvalue weighted by Crippen LogP contribution is -1.98. The third kappa shape index (κ3) is 11.4. The van der Waals surface area contributed by atoms with Crippen LogP contribution in [0.15, 0.2) is 12.2 Å². The minimum absolute atomic E-state index is 0.313. The van der Waals surface area contributed by atoms with Crippen molar-refractivity contribution in [3.05, 3.63) is 12.2 Å². The number of hydrogen-bond donors (Lipinski definition) is 2. The van der Waals surface area contributed by atoms with Crippen molar-refractivity contribution in [2.24, 2.45) is 0 Å². The zero-order valence-corrected chi connectivity index (χ0v) is 10.8. The van der Waals surface area contributed by atoms with Crippen LogP contribution in [0, 0.1) is 0 Å². The SMILES string of the molecule is C=C(CCCCCCCCCCCO)C(=O)O. The molecule has 3 nitrogen and oxygen atoms in total. The number of aliphatic hydroxyl groups is 1. The quantitative estimate of drug-likeness (QED) is 0.406. The fourth-order valence-corrected chi connectivity index (χ4v) is 1.79. The van der Waals surface area contributed by atoms with Crippen LogP contribution in [0.1, 0.15) is 64.2 Å². The van der Waals surface area contributed by atoms with Crippen LogP contribution in [0.2, 0.25) is 0 Å². The maximum Gasteiger partial charge on any atom is 0.330 e. The van der Waals surface area contributed by atoms with Gasteiger partial charge in [-0.15, -0.1) is 0 Å². The van der Waals surface area contributed by atoms with Gasteiger partial charge >= 0.3 is 5.97 Å². The molecule has 0 unspecified atom stereocenters. The monoisotopic (exact) mass is 242 g/mol. The molecule has 0 aromatic carbocycles. The standard InChI is InChI=1S/C14H26O3/c1-13(14(16)17)11-9-7-5-3-2-4-6-8-10-12-15/h15H,1-12H2,(H,16,17). The van der Waals surface area contributed by atoms with Crippen molar-refractivity contribution in [1.82, 2.24) is 0 Å². The molecular weight excluding hydrogens is 216 g/mol. The number of hydrogen-bond acceptors (Lipinski definition) is 2. The number of carboxylic acid groups (broad SMARTS) is 1. The third-order valence-corrected chi connectivity index (χ3v) is 2.94. The smallest absolute Gasteiger partial charge is 0.330 e. The summed E-state index contributed by atoms with van der Waals surface area (Å²) in [7, 11) is 0. The lowest BCUT2D eigenvalue weighted by Gasteiger charge is -2.02. The average Bonchev–Trinajstić information content (AvgIpc) is 2.31. The van der Waals surface area contributed by atoms with E-state index in [2.05, 4.69) is 6.58 Å². The van der Waals surface area contributed by atoms with Crippen LogP contribution in [-0.2, 0) is 4.79 Å². The van der Waals surface area contributed by atoms with Crippen molar-refractivity contribution in [3.63, 3.8) is 0 Å². The molecule has 0 bridgehead atoms. The summed E-state index contributed by atoms with van der Waals surface area (Å²) < 4.78 is 0. The first-order chi connectivity index (χ1) is 8.18. The molecule has 17 heavy (non-hydrogen) atoms. The summed E-state index contributed by atoms with van der Waals surface area (Å²) in [6.07, 6.45) is 10.9. The molecule has 3 heteroatoms.